The monoisotopic (exact) mass is 145 g/mol. The Morgan fingerprint density at radius 2 is 1.86 bits per heavy atom. The Morgan fingerprint density at radius 1 is 1.71 bits per heavy atom. The molecule has 0 saturated carbocycles. The maximum absolute atomic E-state index is 9.82. The third kappa shape index (κ3) is 7.20. The fourth-order valence-corrected chi connectivity index (χ4v) is 0. The molecule has 0 aromatic carbocycles. The van der Waals surface area contributed by atoms with Crippen LogP contribution in [0.1, 0.15) is 0 Å². The van der Waals surface area contributed by atoms with E-state index in [1.807, 2.05) is 0 Å². The van der Waals surface area contributed by atoms with E-state index in [4.69, 9.17) is 0 Å². The average molecular weight is 145 g/mol. The molecular weight excluding hydrogens is 141 g/mol. The molecule has 1 N–H and O–H groups in total. The van der Waals surface area contributed by atoms with Gasteiger partial charge in [-0.2, -0.15) is 0 Å². The summed E-state index contributed by atoms with van der Waals surface area (Å²) in [4.78, 5) is 9.82. The van der Waals surface area contributed by atoms with Crippen molar-refractivity contribution in [2.75, 3.05) is 7.05 Å². The van der Waals surface area contributed by atoms with Crippen molar-refractivity contribution in [2.45, 2.75) is 0 Å². The second-order valence-electron chi connectivity index (χ2n) is 0.844. The number of rotatable bonds is 0. The number of nitrogens with one attached hydrogen (secondary N) is 1. The number of quaternary nitrogens is 1. The van der Waals surface area contributed by atoms with E-state index in [1.165, 1.54) is 7.05 Å². The van der Waals surface area contributed by atoms with Crippen LogP contribution in [0.4, 0.5) is 4.79 Å². The quantitative estimate of drug-likeness (QED) is 0.275. The average Bonchev–Trinajstić information content (AvgIpc) is 1.36. The van der Waals surface area contributed by atoms with Crippen LogP contribution in [0.15, 0.2) is 0 Å². The van der Waals surface area contributed by atoms with Crippen LogP contribution in [0.2, 0.25) is 0 Å². The molecule has 0 aliphatic heterocycles. The summed E-state index contributed by atoms with van der Waals surface area (Å²) in [6, 6.07) is 0. The first-order valence-electron chi connectivity index (χ1n) is 1.36. The van der Waals surface area contributed by atoms with Gasteiger partial charge in [0, 0.05) is 0 Å². The van der Waals surface area contributed by atoms with E-state index in [0.717, 1.165) is 0 Å². The molecule has 0 bridgehead atoms. The molecule has 0 fully saturated rings. The van der Waals surface area contributed by atoms with Gasteiger partial charge in [-0.1, -0.05) is 0 Å². The van der Waals surface area contributed by atoms with Crippen molar-refractivity contribution in [1.29, 1.82) is 0 Å². The molecule has 0 aromatic rings. The van der Waals surface area contributed by atoms with Gasteiger partial charge in [-0.05, 0) is 0 Å². The predicted octanol–water partition coefficient (Wildman–Crippen LogP) is -4.37. The van der Waals surface area contributed by atoms with Crippen LogP contribution >= 0.6 is 0 Å². The standard InChI is InChI=1S/C2H5NOS2.Na/c1-3(6)2(4)5;/h3H,1H3,(H,4,5);/q;+1/p-1. The van der Waals surface area contributed by atoms with Crippen LogP contribution < -0.4 is 33.9 Å². The predicted molar refractivity (Wildman–Crippen MR) is 27.0 cm³/mol. The summed E-state index contributed by atoms with van der Waals surface area (Å²) in [7, 11) is 1.52. The Bertz CT molecular complexity index is 66.7. The third-order valence-corrected chi connectivity index (χ3v) is 0.908. The maximum atomic E-state index is 9.82. The Kier molecular flexibility index (Phi) is 8.43. The molecule has 5 heteroatoms. The van der Waals surface area contributed by atoms with Gasteiger partial charge in [-0.25, -0.2) is 0 Å². The molecule has 1 amide bonds. The second kappa shape index (κ2) is 5.34. The minimum atomic E-state index is -0.426. The van der Waals surface area contributed by atoms with Crippen molar-refractivity contribution >= 4 is 30.7 Å². The number of hydrogen-bond acceptors (Lipinski definition) is 3. The topological polar surface area (TPSA) is 21.5 Å². The van der Waals surface area contributed by atoms with Crippen molar-refractivity contribution in [1.82, 2.24) is 0 Å². The minimum Gasteiger partial charge on any atom is -0.677 e. The van der Waals surface area contributed by atoms with Crippen LogP contribution in [0.25, 0.3) is 0 Å². The molecule has 0 aliphatic carbocycles. The number of amides is 1. The zero-order valence-corrected chi connectivity index (χ0v) is 7.86. The van der Waals surface area contributed by atoms with Gasteiger partial charge in [0.1, 0.15) is 0 Å². The molecule has 1 unspecified atom stereocenters. The van der Waals surface area contributed by atoms with Gasteiger partial charge < -0.3 is 29.7 Å². The van der Waals surface area contributed by atoms with Crippen molar-refractivity contribution in [2.24, 2.45) is 0 Å². The SMILES string of the molecule is C[NH+]([S-])C(=O)[S-].[Na+]. The fraction of sp³-hybridized carbons (Fsp3) is 0.500. The minimum absolute atomic E-state index is 0. The summed E-state index contributed by atoms with van der Waals surface area (Å²) in [5.74, 6) is 0. The van der Waals surface area contributed by atoms with Crippen LogP contribution in [0.5, 0.6) is 0 Å². The molecule has 7 heavy (non-hydrogen) atoms. The molecule has 1 atom stereocenters. The van der Waals surface area contributed by atoms with E-state index in [1.54, 1.807) is 0 Å². The Balaban J connectivity index is 0. The van der Waals surface area contributed by atoms with E-state index in [2.05, 4.69) is 25.4 Å². The van der Waals surface area contributed by atoms with E-state index in [9.17, 15) is 4.79 Å². The fourth-order valence-electron chi connectivity index (χ4n) is 0. The Hall–Kier alpha value is 1.20. The van der Waals surface area contributed by atoms with E-state index < -0.39 is 5.24 Å². The van der Waals surface area contributed by atoms with Gasteiger partial charge in [0.15, 0.2) is 5.24 Å². The van der Waals surface area contributed by atoms with Gasteiger partial charge in [-0.15, -0.1) is 0 Å². The summed E-state index contributed by atoms with van der Waals surface area (Å²) < 4.78 is 0.269. The Labute approximate surface area is 75.9 Å². The number of hydrogen-bond donors (Lipinski definition) is 1. The summed E-state index contributed by atoms with van der Waals surface area (Å²) >= 11 is 8.49. The summed E-state index contributed by atoms with van der Waals surface area (Å²) in [6.45, 7) is 0. The van der Waals surface area contributed by atoms with Crippen LogP contribution in [-0.4, -0.2) is 12.3 Å². The molecule has 0 radical (unpaired) electrons. The van der Waals surface area contributed by atoms with Crippen LogP contribution in [0.3, 0.4) is 0 Å². The zero-order chi connectivity index (χ0) is 5.15. The molecule has 0 saturated heterocycles. The van der Waals surface area contributed by atoms with Gasteiger partial charge in [0.25, 0.3) is 0 Å². The molecular formula is C2H4NNaOS2. The molecule has 0 heterocycles. The van der Waals surface area contributed by atoms with Gasteiger partial charge in [0.2, 0.25) is 0 Å². The van der Waals surface area contributed by atoms with Gasteiger partial charge in [-0.3, -0.25) is 4.79 Å². The van der Waals surface area contributed by atoms with Crippen LogP contribution in [-0.2, 0) is 25.4 Å². The number of carbonyl (C=O) groups is 1. The smallest absolute Gasteiger partial charge is 0.677 e. The molecule has 2 nitrogen and oxygen atoms in total. The molecule has 0 aromatic heterocycles. The molecule has 0 aliphatic rings. The van der Waals surface area contributed by atoms with Crippen molar-refractivity contribution < 1.29 is 38.7 Å². The van der Waals surface area contributed by atoms with Crippen molar-refractivity contribution in [3.63, 3.8) is 0 Å². The zero-order valence-electron chi connectivity index (χ0n) is 4.22. The van der Waals surface area contributed by atoms with Gasteiger partial charge >= 0.3 is 29.6 Å². The molecule has 36 valence electrons. The number of carbonyl (C=O) groups excluding carboxylic acids is 1. The summed E-state index contributed by atoms with van der Waals surface area (Å²) in [5.41, 5.74) is 0. The van der Waals surface area contributed by atoms with E-state index in [0.29, 0.717) is 0 Å². The first kappa shape index (κ1) is 11.1. The van der Waals surface area contributed by atoms with E-state index >= 15 is 0 Å². The second-order valence-corrected chi connectivity index (χ2v) is 1.83. The maximum Gasteiger partial charge on any atom is 1.00 e. The molecule has 0 rings (SSSR count). The van der Waals surface area contributed by atoms with E-state index in [-0.39, 0.29) is 33.9 Å². The first-order valence-corrected chi connectivity index (χ1v) is 2.18. The largest absolute Gasteiger partial charge is 1.00 e. The summed E-state index contributed by atoms with van der Waals surface area (Å²) in [5, 5.41) is -0.426. The normalized spacial score (nSPS) is 11.7. The van der Waals surface area contributed by atoms with Gasteiger partial charge in [0.05, 0.1) is 7.05 Å². The first-order chi connectivity index (χ1) is 2.64. The van der Waals surface area contributed by atoms with Crippen molar-refractivity contribution in [3.05, 3.63) is 0 Å². The van der Waals surface area contributed by atoms with Crippen LogP contribution in [0, 0.1) is 0 Å². The third-order valence-electron chi connectivity index (χ3n) is 0.287. The Morgan fingerprint density at radius 3 is 1.86 bits per heavy atom. The van der Waals surface area contributed by atoms with Crippen molar-refractivity contribution in [3.8, 4) is 0 Å². The molecule has 0 spiro atoms. The summed E-state index contributed by atoms with van der Waals surface area (Å²) in [6.07, 6.45) is 0.